The Morgan fingerprint density at radius 1 is 1.16 bits per heavy atom. The number of benzene rings is 3. The lowest BCUT2D eigenvalue weighted by Crippen LogP contribution is -2.29. The number of methoxy groups -OCH3 is 1. The molecule has 0 radical (unpaired) electrons. The lowest BCUT2D eigenvalue weighted by Gasteiger charge is -2.23. The molecule has 4 aromatic rings. The molecule has 2 atom stereocenters. The van der Waals surface area contributed by atoms with Crippen molar-refractivity contribution in [3.63, 3.8) is 0 Å². The van der Waals surface area contributed by atoms with Crippen LogP contribution in [0.4, 0.5) is 5.13 Å². The van der Waals surface area contributed by atoms with Gasteiger partial charge in [0.2, 0.25) is 0 Å². The molecule has 1 aromatic heterocycles. The van der Waals surface area contributed by atoms with E-state index in [-0.39, 0.29) is 34.1 Å². The van der Waals surface area contributed by atoms with Gasteiger partial charge in [0, 0.05) is 17.0 Å². The topological polar surface area (TPSA) is 109 Å². The van der Waals surface area contributed by atoms with Crippen LogP contribution in [0.1, 0.15) is 29.7 Å². The number of aliphatic hydroxyl groups excluding tert-OH is 1. The summed E-state index contributed by atoms with van der Waals surface area (Å²) in [5.74, 6) is -1.20. The van der Waals surface area contributed by atoms with E-state index < -0.39 is 17.7 Å². The van der Waals surface area contributed by atoms with Crippen molar-refractivity contribution in [1.29, 1.82) is 0 Å². The van der Waals surface area contributed by atoms with Crippen LogP contribution in [0.25, 0.3) is 16.0 Å². The first-order chi connectivity index (χ1) is 18.2. The number of ether oxygens (including phenoxy) is 2. The maximum absolute atomic E-state index is 13.5. The third-order valence-electron chi connectivity index (χ3n) is 6.68. The molecule has 2 unspecified atom stereocenters. The molecule has 0 spiro atoms. The molecule has 1 saturated heterocycles. The minimum atomic E-state index is -1.02. The molecule has 0 saturated carbocycles. The van der Waals surface area contributed by atoms with Gasteiger partial charge in [0.05, 0.1) is 28.9 Å². The number of phenols is 1. The van der Waals surface area contributed by atoms with Gasteiger partial charge in [-0.1, -0.05) is 29.0 Å². The third kappa shape index (κ3) is 3.86. The minimum absolute atomic E-state index is 0.00461. The largest absolute Gasteiger partial charge is 0.507 e. The molecule has 1 fully saturated rings. The number of nitrogens with zero attached hydrogens (tertiary/aromatic N) is 2. The number of anilines is 1. The molecule has 2 aliphatic rings. The third-order valence-corrected chi connectivity index (χ3v) is 7.93. The quantitative estimate of drug-likeness (QED) is 0.194. The van der Waals surface area contributed by atoms with Gasteiger partial charge >= 0.3 is 5.91 Å². The fraction of sp³-hybridized carbons (Fsp3) is 0.179. The highest BCUT2D eigenvalue weighted by Crippen LogP contribution is 2.46. The molecule has 3 heterocycles. The van der Waals surface area contributed by atoms with Crippen molar-refractivity contribution in [2.24, 2.45) is 0 Å². The van der Waals surface area contributed by atoms with Crippen LogP contribution in [0.2, 0.25) is 5.02 Å². The van der Waals surface area contributed by atoms with Gasteiger partial charge in [0.25, 0.3) is 5.78 Å². The number of phenolic OH excluding ortho intramolecular Hbond substituents is 1. The van der Waals surface area contributed by atoms with Crippen molar-refractivity contribution in [2.45, 2.75) is 25.5 Å². The summed E-state index contributed by atoms with van der Waals surface area (Å²) in [5, 5.41) is 22.5. The first-order valence-electron chi connectivity index (χ1n) is 11.8. The molecule has 10 heteroatoms. The van der Waals surface area contributed by atoms with E-state index >= 15 is 0 Å². The maximum Gasteiger partial charge on any atom is 0.301 e. The molecule has 1 amide bonds. The predicted octanol–water partition coefficient (Wildman–Crippen LogP) is 5.61. The summed E-state index contributed by atoms with van der Waals surface area (Å²) in [6.07, 6.45) is 0.669. The molecule has 2 N–H and O–H groups in total. The number of carbonyl (C=O) groups excluding carboxylic acids is 2. The fourth-order valence-corrected chi connectivity index (χ4v) is 6.19. The van der Waals surface area contributed by atoms with Gasteiger partial charge in [-0.3, -0.25) is 14.5 Å². The maximum atomic E-state index is 13.5. The number of hydrogen-bond donors (Lipinski definition) is 2. The Morgan fingerprint density at radius 3 is 2.76 bits per heavy atom. The molecule has 8 nitrogen and oxygen atoms in total. The summed E-state index contributed by atoms with van der Waals surface area (Å²) >= 11 is 7.36. The number of fused-ring (bicyclic) bond motifs is 2. The van der Waals surface area contributed by atoms with Crippen molar-refractivity contribution >= 4 is 55.7 Å². The zero-order chi connectivity index (χ0) is 26.7. The second-order valence-electron chi connectivity index (χ2n) is 9.16. The van der Waals surface area contributed by atoms with E-state index in [9.17, 15) is 19.8 Å². The highest BCUT2D eigenvalue weighted by Gasteiger charge is 2.48. The van der Waals surface area contributed by atoms with E-state index in [1.54, 1.807) is 42.5 Å². The standard InChI is InChI=1S/C28H21ClN2O6S/c1-13-9-16-10-15(4-8-20(16)37-13)25(33)23-24(14-3-7-19(32)21(11-14)36-2)31(27(35)26(23)34)28-30-18-6-5-17(29)12-22(18)38-28/h3-8,10-13,24,32-33H,9H2,1-2H3/b25-23+. The first kappa shape index (κ1) is 24.3. The first-order valence-corrected chi connectivity index (χ1v) is 13.0. The number of carbonyl (C=O) groups is 2. The molecule has 6 rings (SSSR count). The summed E-state index contributed by atoms with van der Waals surface area (Å²) in [6, 6.07) is 13.9. The molecule has 0 bridgehead atoms. The lowest BCUT2D eigenvalue weighted by atomic mass is 9.94. The highest BCUT2D eigenvalue weighted by atomic mass is 35.5. The predicted molar refractivity (Wildman–Crippen MR) is 144 cm³/mol. The smallest absolute Gasteiger partial charge is 0.301 e. The number of amides is 1. The van der Waals surface area contributed by atoms with Gasteiger partial charge in [0.1, 0.15) is 17.6 Å². The zero-order valence-electron chi connectivity index (χ0n) is 20.3. The normalized spacial score (nSPS) is 20.1. The van der Waals surface area contributed by atoms with Gasteiger partial charge in [0.15, 0.2) is 16.6 Å². The van der Waals surface area contributed by atoms with Gasteiger partial charge in [-0.15, -0.1) is 0 Å². The SMILES string of the molecule is COc1cc(C2/C(=C(\O)c3ccc4c(c3)CC(C)O4)C(=O)C(=O)N2c2nc3ccc(Cl)cc3s2)ccc1O. The zero-order valence-corrected chi connectivity index (χ0v) is 21.8. The van der Waals surface area contributed by atoms with Crippen LogP contribution in [0.15, 0.2) is 60.2 Å². The van der Waals surface area contributed by atoms with E-state index in [0.717, 1.165) is 16.0 Å². The van der Waals surface area contributed by atoms with Gasteiger partial charge < -0.3 is 19.7 Å². The van der Waals surface area contributed by atoms with Gasteiger partial charge in [-0.2, -0.15) is 0 Å². The highest BCUT2D eigenvalue weighted by molar-refractivity contribution is 7.22. The van der Waals surface area contributed by atoms with Crippen molar-refractivity contribution in [1.82, 2.24) is 4.98 Å². The molecule has 38 heavy (non-hydrogen) atoms. The van der Waals surface area contributed by atoms with Crippen LogP contribution in [-0.4, -0.2) is 40.1 Å². The van der Waals surface area contributed by atoms with Crippen LogP contribution in [-0.2, 0) is 16.0 Å². The molecular formula is C28H21ClN2O6S. The summed E-state index contributed by atoms with van der Waals surface area (Å²) in [6.45, 7) is 1.95. The van der Waals surface area contributed by atoms with Gasteiger partial charge in [-0.05, 0) is 66.6 Å². The van der Waals surface area contributed by atoms with Crippen LogP contribution < -0.4 is 14.4 Å². The molecule has 0 aliphatic carbocycles. The number of ketones is 1. The van der Waals surface area contributed by atoms with E-state index in [4.69, 9.17) is 21.1 Å². The second kappa shape index (κ2) is 9.04. The van der Waals surface area contributed by atoms with Crippen molar-refractivity contribution in [2.75, 3.05) is 12.0 Å². The Labute approximate surface area is 226 Å². The Morgan fingerprint density at radius 2 is 1.97 bits per heavy atom. The van der Waals surface area contributed by atoms with Crippen LogP contribution in [0.5, 0.6) is 17.2 Å². The van der Waals surface area contributed by atoms with Crippen LogP contribution in [0.3, 0.4) is 0 Å². The summed E-state index contributed by atoms with van der Waals surface area (Å²) in [5.41, 5.74) is 2.28. The Balaban J connectivity index is 1.55. The average molecular weight is 549 g/mol. The number of aromatic hydroxyl groups is 1. The number of aromatic nitrogens is 1. The van der Waals surface area contributed by atoms with E-state index in [1.807, 2.05) is 6.92 Å². The minimum Gasteiger partial charge on any atom is -0.507 e. The number of aliphatic hydroxyl groups is 1. The number of thiazole rings is 1. The van der Waals surface area contributed by atoms with E-state index in [0.29, 0.717) is 28.1 Å². The monoisotopic (exact) mass is 548 g/mol. The average Bonchev–Trinajstić information content (AvgIpc) is 3.56. The second-order valence-corrected chi connectivity index (χ2v) is 10.6. The summed E-state index contributed by atoms with van der Waals surface area (Å²) in [7, 11) is 1.40. The Bertz CT molecular complexity index is 1680. The number of rotatable bonds is 4. The van der Waals surface area contributed by atoms with Gasteiger partial charge in [-0.25, -0.2) is 4.98 Å². The van der Waals surface area contributed by atoms with Crippen LogP contribution >= 0.6 is 22.9 Å². The molecule has 2 aliphatic heterocycles. The van der Waals surface area contributed by atoms with E-state index in [2.05, 4.69) is 4.98 Å². The fourth-order valence-electron chi connectivity index (χ4n) is 4.92. The van der Waals surface area contributed by atoms with Crippen molar-refractivity contribution in [3.8, 4) is 17.2 Å². The molecule has 3 aromatic carbocycles. The van der Waals surface area contributed by atoms with E-state index in [1.165, 1.54) is 35.5 Å². The summed E-state index contributed by atoms with van der Waals surface area (Å²) in [4.78, 5) is 32.9. The molecule has 192 valence electrons. The summed E-state index contributed by atoms with van der Waals surface area (Å²) < 4.78 is 11.8. The number of Topliss-reactive ketones (excluding diaryl/α,β-unsaturated/α-hetero) is 1. The number of halogens is 1. The Hall–Kier alpha value is -4.08. The Kier molecular flexibility index (Phi) is 5.77. The number of hydrogen-bond acceptors (Lipinski definition) is 8. The molecular weight excluding hydrogens is 528 g/mol. The lowest BCUT2D eigenvalue weighted by molar-refractivity contribution is -0.132. The van der Waals surface area contributed by atoms with Crippen LogP contribution in [0, 0.1) is 0 Å². The van der Waals surface area contributed by atoms with Crippen molar-refractivity contribution in [3.05, 3.63) is 81.9 Å². The van der Waals surface area contributed by atoms with Crippen molar-refractivity contribution < 1.29 is 29.3 Å².